The number of rotatable bonds is 7. The van der Waals surface area contributed by atoms with Gasteiger partial charge in [-0.25, -0.2) is 18.7 Å². The average Bonchev–Trinajstić information content (AvgIpc) is 3.54. The van der Waals surface area contributed by atoms with Gasteiger partial charge in [0.1, 0.15) is 6.04 Å². The first-order valence-corrected chi connectivity index (χ1v) is 13.1. The second-order valence-electron chi connectivity index (χ2n) is 9.38. The minimum atomic E-state index is -2.88. The van der Waals surface area contributed by atoms with E-state index in [0.717, 1.165) is 27.9 Å². The first kappa shape index (κ1) is 24.8. The third kappa shape index (κ3) is 4.99. The van der Waals surface area contributed by atoms with Gasteiger partial charge in [0.05, 0.1) is 6.04 Å². The molecule has 2 saturated heterocycles. The molecule has 1 aromatic carbocycles. The Balaban J connectivity index is 1.41. The van der Waals surface area contributed by atoms with Gasteiger partial charge in [-0.2, -0.15) is 0 Å². The van der Waals surface area contributed by atoms with Crippen LogP contribution in [0.4, 0.5) is 13.9 Å². The molecule has 2 fully saturated rings. The Morgan fingerprint density at radius 2 is 1.94 bits per heavy atom. The van der Waals surface area contributed by atoms with Crippen molar-refractivity contribution >= 4 is 32.7 Å². The second kappa shape index (κ2) is 10.6. The minimum Gasteiger partial charge on any atom is -0.381 e. The molecular weight excluding hydrogens is 488 g/mol. The van der Waals surface area contributed by atoms with Gasteiger partial charge in [0.25, 0.3) is 12.0 Å². The molecule has 2 atom stereocenters. The van der Waals surface area contributed by atoms with E-state index >= 15 is 0 Å². The lowest BCUT2D eigenvalue weighted by Crippen LogP contribution is -2.44. The van der Waals surface area contributed by atoms with E-state index in [9.17, 15) is 18.4 Å². The summed E-state index contributed by atoms with van der Waals surface area (Å²) in [4.78, 5) is 37.1. The number of fused-ring (bicyclic) bond motifs is 1. The van der Waals surface area contributed by atoms with E-state index in [1.807, 2.05) is 42.2 Å². The number of nitrogens with one attached hydrogen (secondary N) is 1. The highest BCUT2D eigenvalue weighted by Gasteiger charge is 2.34. The van der Waals surface area contributed by atoms with Gasteiger partial charge in [-0.15, -0.1) is 0 Å². The molecule has 5 rings (SSSR count). The summed E-state index contributed by atoms with van der Waals surface area (Å²) in [6.45, 7) is 3.81. The van der Waals surface area contributed by atoms with Crippen LogP contribution in [0.25, 0.3) is 10.3 Å². The van der Waals surface area contributed by atoms with Crippen LogP contribution in [-0.2, 0) is 16.1 Å². The summed E-state index contributed by atoms with van der Waals surface area (Å²) in [7, 11) is 0. The summed E-state index contributed by atoms with van der Waals surface area (Å²) in [6, 6.07) is 9.09. The highest BCUT2D eigenvalue weighted by Crippen LogP contribution is 2.33. The van der Waals surface area contributed by atoms with Gasteiger partial charge < -0.3 is 15.0 Å². The molecule has 1 N–H and O–H groups in total. The van der Waals surface area contributed by atoms with E-state index in [4.69, 9.17) is 4.74 Å². The van der Waals surface area contributed by atoms with Crippen molar-refractivity contribution in [3.05, 3.63) is 52.1 Å². The maximum absolute atomic E-state index is 13.9. The first-order valence-electron chi connectivity index (χ1n) is 12.3. The van der Waals surface area contributed by atoms with Crippen LogP contribution >= 0.6 is 11.3 Å². The van der Waals surface area contributed by atoms with E-state index in [2.05, 4.69) is 15.3 Å². The molecule has 192 valence electrons. The highest BCUT2D eigenvalue weighted by atomic mass is 32.1. The van der Waals surface area contributed by atoms with Crippen LogP contribution in [0.15, 0.2) is 35.1 Å². The molecule has 0 aliphatic carbocycles. The monoisotopic (exact) mass is 517 g/mol. The van der Waals surface area contributed by atoms with Gasteiger partial charge in [0, 0.05) is 26.3 Å². The molecule has 0 bridgehead atoms. The van der Waals surface area contributed by atoms with Gasteiger partial charge in [-0.3, -0.25) is 14.2 Å². The first-order chi connectivity index (χ1) is 17.4. The molecule has 3 aromatic rings. The Hall–Kier alpha value is -2.92. The second-order valence-corrected chi connectivity index (χ2v) is 10.3. The van der Waals surface area contributed by atoms with Crippen molar-refractivity contribution in [2.75, 3.05) is 24.7 Å². The molecule has 1 unspecified atom stereocenters. The van der Waals surface area contributed by atoms with Gasteiger partial charge in [0.15, 0.2) is 21.3 Å². The number of hydrogen-bond acceptors (Lipinski definition) is 7. The normalized spacial score (nSPS) is 19.8. The Bertz CT molecular complexity index is 1280. The minimum absolute atomic E-state index is 0.0737. The number of carbonyl (C=O) groups excluding carboxylic acids is 1. The number of benzene rings is 1. The van der Waals surface area contributed by atoms with Crippen LogP contribution in [0.1, 0.15) is 56.5 Å². The number of amides is 1. The number of aromatic nitrogens is 3. The van der Waals surface area contributed by atoms with Crippen LogP contribution < -0.4 is 15.8 Å². The zero-order valence-electron chi connectivity index (χ0n) is 20.0. The van der Waals surface area contributed by atoms with Crippen molar-refractivity contribution in [1.29, 1.82) is 0 Å². The van der Waals surface area contributed by atoms with E-state index in [1.165, 1.54) is 0 Å². The van der Waals surface area contributed by atoms with Crippen molar-refractivity contribution in [3.63, 3.8) is 0 Å². The Morgan fingerprint density at radius 3 is 2.67 bits per heavy atom. The van der Waals surface area contributed by atoms with Crippen LogP contribution in [0.5, 0.6) is 0 Å². The number of thiazole rings is 1. The molecule has 36 heavy (non-hydrogen) atoms. The Kier molecular flexibility index (Phi) is 7.29. The van der Waals surface area contributed by atoms with E-state index in [0.29, 0.717) is 44.2 Å². The van der Waals surface area contributed by atoms with E-state index in [-0.39, 0.29) is 34.8 Å². The SMILES string of the molecule is C[C@@H](NC(=O)C1CCCN1c1nc2c(=O)n(CC3CCOCC3)c(C(F)F)nc2s1)c1ccccc1. The zero-order chi connectivity index (χ0) is 25.2. The summed E-state index contributed by atoms with van der Waals surface area (Å²) in [5, 5.41) is 3.53. The molecule has 1 amide bonds. The fourth-order valence-electron chi connectivity index (χ4n) is 4.97. The third-order valence-corrected chi connectivity index (χ3v) is 7.96. The fraction of sp³-hybridized carbons (Fsp3) is 0.520. The lowest BCUT2D eigenvalue weighted by atomic mass is 10.0. The molecule has 11 heteroatoms. The molecule has 2 aliphatic rings. The molecule has 2 aliphatic heterocycles. The number of halogens is 2. The van der Waals surface area contributed by atoms with E-state index in [1.54, 1.807) is 0 Å². The van der Waals surface area contributed by atoms with Gasteiger partial charge in [-0.05, 0) is 44.1 Å². The van der Waals surface area contributed by atoms with Gasteiger partial charge in [0.2, 0.25) is 5.91 Å². The standard InChI is InChI=1S/C25H29F2N5O3S/c1-15(17-6-3-2-4-7-17)28-22(33)18-8-5-11-31(18)25-29-19-23(36-25)30-21(20(26)27)32(24(19)34)14-16-9-12-35-13-10-16/h2-4,6-7,15-16,18,20H,5,8-14H2,1H3,(H,28,33)/t15-,18?/m1/s1. The summed E-state index contributed by atoms with van der Waals surface area (Å²) in [5.41, 5.74) is 0.529. The van der Waals surface area contributed by atoms with Crippen molar-refractivity contribution in [2.24, 2.45) is 5.92 Å². The van der Waals surface area contributed by atoms with Gasteiger partial charge >= 0.3 is 0 Å². The Labute approximate surface area is 211 Å². The number of nitrogens with zero attached hydrogens (tertiary/aromatic N) is 4. The lowest BCUT2D eigenvalue weighted by Gasteiger charge is -2.25. The topological polar surface area (TPSA) is 89.4 Å². The van der Waals surface area contributed by atoms with Crippen LogP contribution in [0.3, 0.4) is 0 Å². The molecular formula is C25H29F2N5O3S. The number of hydrogen-bond donors (Lipinski definition) is 1. The number of anilines is 1. The van der Waals surface area contributed by atoms with Crippen LogP contribution in [0, 0.1) is 5.92 Å². The smallest absolute Gasteiger partial charge is 0.295 e. The van der Waals surface area contributed by atoms with Gasteiger partial charge in [-0.1, -0.05) is 41.7 Å². The van der Waals surface area contributed by atoms with Crippen molar-refractivity contribution in [3.8, 4) is 0 Å². The lowest BCUT2D eigenvalue weighted by molar-refractivity contribution is -0.122. The largest absolute Gasteiger partial charge is 0.381 e. The fourth-order valence-corrected chi connectivity index (χ4v) is 5.98. The van der Waals surface area contributed by atoms with E-state index < -0.39 is 23.9 Å². The van der Waals surface area contributed by atoms with Crippen LogP contribution in [-0.4, -0.2) is 46.2 Å². The summed E-state index contributed by atoms with van der Waals surface area (Å²) < 4.78 is 34.2. The molecule has 4 heterocycles. The molecule has 0 radical (unpaired) electrons. The third-order valence-electron chi connectivity index (χ3n) is 6.97. The van der Waals surface area contributed by atoms with Crippen molar-refractivity contribution in [1.82, 2.24) is 19.9 Å². The summed E-state index contributed by atoms with van der Waals surface area (Å²) >= 11 is 1.09. The molecule has 2 aromatic heterocycles. The predicted molar refractivity (Wildman–Crippen MR) is 134 cm³/mol. The maximum Gasteiger partial charge on any atom is 0.295 e. The highest BCUT2D eigenvalue weighted by molar-refractivity contribution is 7.21. The molecule has 0 spiro atoms. The van der Waals surface area contributed by atoms with Crippen molar-refractivity contribution in [2.45, 2.75) is 57.7 Å². The average molecular weight is 518 g/mol. The summed E-state index contributed by atoms with van der Waals surface area (Å²) in [5.74, 6) is -0.576. The van der Waals surface area contributed by atoms with Crippen LogP contribution in [0.2, 0.25) is 0 Å². The zero-order valence-corrected chi connectivity index (χ0v) is 20.8. The molecule has 8 nitrogen and oxygen atoms in total. The number of alkyl halides is 2. The van der Waals surface area contributed by atoms with Crippen molar-refractivity contribution < 1.29 is 18.3 Å². The summed E-state index contributed by atoms with van der Waals surface area (Å²) in [6.07, 6.45) is -0.0231. The number of carbonyl (C=O) groups is 1. The molecule has 0 saturated carbocycles. The quantitative estimate of drug-likeness (QED) is 0.509. The number of ether oxygens (including phenoxy) is 1. The Morgan fingerprint density at radius 1 is 1.19 bits per heavy atom. The maximum atomic E-state index is 13.9. The predicted octanol–water partition coefficient (Wildman–Crippen LogP) is 4.06.